The monoisotopic (exact) mass is 235 g/mol. The van der Waals surface area contributed by atoms with E-state index in [-0.39, 0.29) is 16.1 Å². The lowest BCUT2D eigenvalue weighted by Gasteiger charge is -2.12. The van der Waals surface area contributed by atoms with Crippen molar-refractivity contribution in [2.45, 2.75) is 45.7 Å². The fourth-order valence-corrected chi connectivity index (χ4v) is 1.89. The molecule has 1 heterocycles. The van der Waals surface area contributed by atoms with Gasteiger partial charge in [0.25, 0.3) is 5.69 Å². The lowest BCUT2D eigenvalue weighted by molar-refractivity contribution is -0.386. The van der Waals surface area contributed by atoms with Gasteiger partial charge in [-0.15, -0.1) is 0 Å². The molecule has 0 saturated heterocycles. The Bertz CT molecular complexity index is 467. The molecular weight excluding hydrogens is 218 g/mol. The molecule has 0 amide bonds. The molecule has 0 aliphatic heterocycles. The predicted molar refractivity (Wildman–Crippen MR) is 64.8 cm³/mol. The zero-order valence-corrected chi connectivity index (χ0v) is 10.4. The lowest BCUT2D eigenvalue weighted by Crippen LogP contribution is -2.28. The van der Waals surface area contributed by atoms with Crippen molar-refractivity contribution in [2.24, 2.45) is 0 Å². The molecule has 92 valence electrons. The highest BCUT2D eigenvalue weighted by Crippen LogP contribution is 2.35. The molecule has 2 rings (SSSR count). The van der Waals surface area contributed by atoms with Crippen LogP contribution in [-0.2, 0) is 6.54 Å². The van der Waals surface area contributed by atoms with Crippen molar-refractivity contribution in [3.63, 3.8) is 0 Å². The first-order valence-electron chi connectivity index (χ1n) is 5.77. The number of aryl methyl sites for hydroxylation is 1. The number of aromatic nitrogens is 1. The highest BCUT2D eigenvalue weighted by atomic mass is 16.6. The number of nitrogens with zero attached hydrogens (tertiary/aromatic N) is 2. The van der Waals surface area contributed by atoms with E-state index in [4.69, 9.17) is 0 Å². The number of hydrogen-bond donors (Lipinski definition) is 1. The summed E-state index contributed by atoms with van der Waals surface area (Å²) in [4.78, 5) is 14.9. The van der Waals surface area contributed by atoms with Gasteiger partial charge in [0, 0.05) is 29.4 Å². The number of pyridine rings is 1. The van der Waals surface area contributed by atoms with Crippen molar-refractivity contribution in [3.8, 4) is 0 Å². The molecule has 1 fully saturated rings. The van der Waals surface area contributed by atoms with Crippen LogP contribution in [0.4, 0.5) is 5.69 Å². The molecule has 5 heteroatoms. The highest BCUT2D eigenvalue weighted by Gasteiger charge is 2.36. The molecule has 17 heavy (non-hydrogen) atoms. The molecule has 0 atom stereocenters. The van der Waals surface area contributed by atoms with Gasteiger partial charge in [-0.25, -0.2) is 0 Å². The summed E-state index contributed by atoms with van der Waals surface area (Å²) < 4.78 is 0. The van der Waals surface area contributed by atoms with E-state index in [0.29, 0.717) is 17.7 Å². The molecule has 1 aliphatic rings. The van der Waals surface area contributed by atoms with Crippen LogP contribution in [0.1, 0.15) is 36.6 Å². The fraction of sp³-hybridized carbons (Fsp3) is 0.583. The third-order valence-electron chi connectivity index (χ3n) is 3.44. The number of nitrogens with one attached hydrogen (secondary N) is 1. The molecule has 0 radical (unpaired) electrons. The molecule has 0 unspecified atom stereocenters. The Hall–Kier alpha value is -1.49. The smallest absolute Gasteiger partial charge is 0.278 e. The van der Waals surface area contributed by atoms with Crippen LogP contribution in [0, 0.1) is 24.0 Å². The molecule has 1 aromatic heterocycles. The number of nitro groups is 1. The standard InChI is InChI=1S/C12H17N3O2/c1-8-6-13-10(7-14-12(3)4-5-12)9(2)11(8)15(16)17/h6,14H,4-5,7H2,1-3H3. The van der Waals surface area contributed by atoms with Crippen LogP contribution >= 0.6 is 0 Å². The average molecular weight is 235 g/mol. The summed E-state index contributed by atoms with van der Waals surface area (Å²) in [5.41, 5.74) is 2.47. The molecule has 1 N–H and O–H groups in total. The third-order valence-corrected chi connectivity index (χ3v) is 3.44. The van der Waals surface area contributed by atoms with Gasteiger partial charge in [0.15, 0.2) is 0 Å². The summed E-state index contributed by atoms with van der Waals surface area (Å²) in [7, 11) is 0. The second-order valence-electron chi connectivity index (χ2n) is 5.03. The van der Waals surface area contributed by atoms with E-state index in [0.717, 1.165) is 5.69 Å². The second-order valence-corrected chi connectivity index (χ2v) is 5.03. The molecule has 0 bridgehead atoms. The van der Waals surface area contributed by atoms with Crippen molar-refractivity contribution in [1.82, 2.24) is 10.3 Å². The second kappa shape index (κ2) is 4.07. The zero-order valence-electron chi connectivity index (χ0n) is 10.4. The minimum atomic E-state index is -0.325. The Balaban J connectivity index is 2.22. The van der Waals surface area contributed by atoms with Gasteiger partial charge < -0.3 is 5.32 Å². The van der Waals surface area contributed by atoms with Crippen LogP contribution < -0.4 is 5.32 Å². The van der Waals surface area contributed by atoms with E-state index in [1.54, 1.807) is 20.0 Å². The Morgan fingerprint density at radius 3 is 2.71 bits per heavy atom. The van der Waals surface area contributed by atoms with Crippen LogP contribution in [0.2, 0.25) is 0 Å². The number of hydrogen-bond acceptors (Lipinski definition) is 4. The topological polar surface area (TPSA) is 68.1 Å². The van der Waals surface area contributed by atoms with Gasteiger partial charge in [-0.3, -0.25) is 15.1 Å². The third kappa shape index (κ3) is 2.44. The van der Waals surface area contributed by atoms with Crippen molar-refractivity contribution in [2.75, 3.05) is 0 Å². The molecular formula is C12H17N3O2. The molecule has 1 aliphatic carbocycles. The summed E-state index contributed by atoms with van der Waals surface area (Å²) in [6, 6.07) is 0. The maximum absolute atomic E-state index is 11.0. The van der Waals surface area contributed by atoms with E-state index in [9.17, 15) is 10.1 Å². The van der Waals surface area contributed by atoms with Gasteiger partial charge >= 0.3 is 0 Å². The van der Waals surface area contributed by atoms with Gasteiger partial charge in [0.1, 0.15) is 0 Å². The van der Waals surface area contributed by atoms with Crippen molar-refractivity contribution >= 4 is 5.69 Å². The number of rotatable bonds is 4. The van der Waals surface area contributed by atoms with Gasteiger partial charge in [-0.05, 0) is 33.6 Å². The fourth-order valence-electron chi connectivity index (χ4n) is 1.89. The van der Waals surface area contributed by atoms with E-state index >= 15 is 0 Å². The van der Waals surface area contributed by atoms with E-state index in [1.807, 2.05) is 0 Å². The minimum absolute atomic E-state index is 0.192. The summed E-state index contributed by atoms with van der Waals surface area (Å²) in [6.07, 6.45) is 3.91. The average Bonchev–Trinajstić information content (AvgIpc) is 2.95. The van der Waals surface area contributed by atoms with Crippen LogP contribution in [0.3, 0.4) is 0 Å². The van der Waals surface area contributed by atoms with Crippen molar-refractivity contribution in [1.29, 1.82) is 0 Å². The van der Waals surface area contributed by atoms with Gasteiger partial charge in [0.05, 0.1) is 10.6 Å². The first-order chi connectivity index (χ1) is 7.93. The highest BCUT2D eigenvalue weighted by molar-refractivity contribution is 5.47. The lowest BCUT2D eigenvalue weighted by atomic mass is 10.1. The Morgan fingerprint density at radius 1 is 1.53 bits per heavy atom. The summed E-state index contributed by atoms with van der Waals surface area (Å²) in [5.74, 6) is 0. The summed E-state index contributed by atoms with van der Waals surface area (Å²) in [6.45, 7) is 6.25. The van der Waals surface area contributed by atoms with Crippen LogP contribution in [0.5, 0.6) is 0 Å². The van der Waals surface area contributed by atoms with Crippen molar-refractivity contribution < 1.29 is 4.92 Å². The molecule has 0 spiro atoms. The Labute approximate surface area is 100 Å². The van der Waals surface area contributed by atoms with Gasteiger partial charge in [-0.2, -0.15) is 0 Å². The first kappa shape index (κ1) is 12.0. The molecule has 5 nitrogen and oxygen atoms in total. The Morgan fingerprint density at radius 2 is 2.18 bits per heavy atom. The Kier molecular flexibility index (Phi) is 2.87. The van der Waals surface area contributed by atoms with Crippen LogP contribution in [0.25, 0.3) is 0 Å². The van der Waals surface area contributed by atoms with Crippen LogP contribution in [0.15, 0.2) is 6.20 Å². The molecule has 1 saturated carbocycles. The normalized spacial score (nSPS) is 16.9. The van der Waals surface area contributed by atoms with Crippen LogP contribution in [-0.4, -0.2) is 15.4 Å². The quantitative estimate of drug-likeness (QED) is 0.642. The van der Waals surface area contributed by atoms with Gasteiger partial charge in [-0.1, -0.05) is 0 Å². The largest absolute Gasteiger partial charge is 0.306 e. The summed E-state index contributed by atoms with van der Waals surface area (Å²) >= 11 is 0. The maximum Gasteiger partial charge on any atom is 0.278 e. The molecule has 1 aromatic rings. The minimum Gasteiger partial charge on any atom is -0.306 e. The SMILES string of the molecule is Cc1cnc(CNC2(C)CC2)c(C)c1[N+](=O)[O-]. The van der Waals surface area contributed by atoms with E-state index in [2.05, 4.69) is 17.2 Å². The van der Waals surface area contributed by atoms with Gasteiger partial charge in [0.2, 0.25) is 0 Å². The first-order valence-corrected chi connectivity index (χ1v) is 5.77. The van der Waals surface area contributed by atoms with Crippen molar-refractivity contribution in [3.05, 3.63) is 33.1 Å². The maximum atomic E-state index is 11.0. The predicted octanol–water partition coefficient (Wildman–Crippen LogP) is 2.25. The van der Waals surface area contributed by atoms with E-state index in [1.165, 1.54) is 12.8 Å². The zero-order chi connectivity index (χ0) is 12.6. The van der Waals surface area contributed by atoms with E-state index < -0.39 is 0 Å². The summed E-state index contributed by atoms with van der Waals surface area (Å²) in [5, 5.41) is 14.4. The molecule has 0 aromatic carbocycles.